The van der Waals surface area contributed by atoms with Gasteiger partial charge >= 0.3 is 5.97 Å². The first kappa shape index (κ1) is 76.9. The van der Waals surface area contributed by atoms with E-state index in [1.54, 1.807) is 0 Å². The van der Waals surface area contributed by atoms with Gasteiger partial charge in [0.25, 0.3) is 0 Å². The van der Waals surface area contributed by atoms with Crippen molar-refractivity contribution in [2.45, 2.75) is 437 Å². The highest BCUT2D eigenvalue weighted by Crippen LogP contribution is 2.20. The van der Waals surface area contributed by atoms with Crippen LogP contribution in [0.4, 0.5) is 0 Å². The Labute approximate surface area is 489 Å². The van der Waals surface area contributed by atoms with Gasteiger partial charge in [0.15, 0.2) is 0 Å². The lowest BCUT2D eigenvalue weighted by Crippen LogP contribution is -2.45. The maximum Gasteiger partial charge on any atom is 0.305 e. The van der Waals surface area contributed by atoms with Gasteiger partial charge in [-0.05, 0) is 25.7 Å². The second-order valence-electron chi connectivity index (χ2n) is 25.3. The number of hydrogen-bond acceptors (Lipinski definition) is 5. The van der Waals surface area contributed by atoms with Gasteiger partial charge in [0.2, 0.25) is 5.91 Å². The average Bonchev–Trinajstić information content (AvgIpc) is 3.44. The Hall–Kier alpha value is -1.14. The number of aliphatic hydroxyl groups is 2. The molecule has 0 fully saturated rings. The summed E-state index contributed by atoms with van der Waals surface area (Å²) in [4.78, 5) is 24.6. The number of rotatable bonds is 69. The minimum absolute atomic E-state index is 0.0263. The van der Waals surface area contributed by atoms with Crippen molar-refractivity contribution >= 4 is 11.9 Å². The number of ether oxygens (including phenoxy) is 1. The molecule has 2 unspecified atom stereocenters. The number of unbranched alkanes of at least 4 members (excludes halogenated alkanes) is 58. The van der Waals surface area contributed by atoms with Crippen LogP contribution in [0.5, 0.6) is 0 Å². The normalized spacial score (nSPS) is 12.4. The second-order valence-corrected chi connectivity index (χ2v) is 25.3. The van der Waals surface area contributed by atoms with E-state index in [-0.39, 0.29) is 18.5 Å². The summed E-state index contributed by atoms with van der Waals surface area (Å²) in [6.07, 6.45) is 83.2. The predicted molar refractivity (Wildman–Crippen MR) is 343 cm³/mol. The lowest BCUT2D eigenvalue weighted by atomic mass is 10.0. The van der Waals surface area contributed by atoms with Crippen LogP contribution in [0.3, 0.4) is 0 Å². The zero-order valence-electron chi connectivity index (χ0n) is 53.4. The highest BCUT2D eigenvalue weighted by atomic mass is 16.5. The molecule has 0 aromatic carbocycles. The molecule has 0 aliphatic rings. The molecule has 466 valence electrons. The third kappa shape index (κ3) is 64.0. The average molecular weight is 1100 g/mol. The fourth-order valence-electron chi connectivity index (χ4n) is 11.9. The quantitative estimate of drug-likeness (QED) is 0.0417. The van der Waals surface area contributed by atoms with Gasteiger partial charge in [-0.3, -0.25) is 9.59 Å². The van der Waals surface area contributed by atoms with Gasteiger partial charge in [-0.2, -0.15) is 0 Å². The molecule has 0 saturated carbocycles. The molecule has 0 radical (unpaired) electrons. The Morgan fingerprint density at radius 1 is 0.308 bits per heavy atom. The van der Waals surface area contributed by atoms with Gasteiger partial charge in [0.05, 0.1) is 25.4 Å². The van der Waals surface area contributed by atoms with E-state index < -0.39 is 12.1 Å². The summed E-state index contributed by atoms with van der Waals surface area (Å²) in [5.74, 6) is -0.00142. The van der Waals surface area contributed by atoms with E-state index in [9.17, 15) is 19.8 Å². The molecule has 0 bridgehead atoms. The first-order chi connectivity index (χ1) is 38.5. The number of amides is 1. The maximum absolute atomic E-state index is 12.5. The standard InChI is InChI=1S/C72H143NO5/c1-3-5-7-9-11-13-15-17-18-39-42-46-50-54-58-62-66-72(77)78-67-63-59-55-51-47-43-40-37-35-33-31-29-27-25-23-21-19-20-22-24-26-28-30-32-34-36-38-41-45-49-53-57-61-65-71(76)73-69(68-74)70(75)64-60-56-52-48-44-16-14-12-10-8-6-4-2/h69-70,74-75H,3-68H2,1-2H3,(H,73,76). The lowest BCUT2D eigenvalue weighted by Gasteiger charge is -2.22. The van der Waals surface area contributed by atoms with Crippen molar-refractivity contribution in [1.29, 1.82) is 0 Å². The maximum atomic E-state index is 12.5. The van der Waals surface area contributed by atoms with E-state index in [1.807, 2.05) is 0 Å². The summed E-state index contributed by atoms with van der Waals surface area (Å²) in [7, 11) is 0. The minimum atomic E-state index is -0.658. The minimum Gasteiger partial charge on any atom is -0.466 e. The van der Waals surface area contributed by atoms with Crippen LogP contribution in [0.25, 0.3) is 0 Å². The van der Waals surface area contributed by atoms with Crippen LogP contribution in [0.2, 0.25) is 0 Å². The van der Waals surface area contributed by atoms with E-state index >= 15 is 0 Å². The number of esters is 1. The second kappa shape index (κ2) is 68.4. The fourth-order valence-corrected chi connectivity index (χ4v) is 11.9. The molecule has 0 aromatic heterocycles. The summed E-state index contributed by atoms with van der Waals surface area (Å²) >= 11 is 0. The smallest absolute Gasteiger partial charge is 0.305 e. The van der Waals surface area contributed by atoms with Gasteiger partial charge in [-0.1, -0.05) is 386 Å². The molecule has 0 aliphatic heterocycles. The Kier molecular flexibility index (Phi) is 67.4. The number of nitrogens with one attached hydrogen (secondary N) is 1. The topological polar surface area (TPSA) is 95.9 Å². The summed E-state index contributed by atoms with van der Waals surface area (Å²) in [5, 5.41) is 23.3. The van der Waals surface area contributed by atoms with Gasteiger partial charge < -0.3 is 20.3 Å². The van der Waals surface area contributed by atoms with Crippen LogP contribution >= 0.6 is 0 Å². The molecule has 3 N–H and O–H groups in total. The van der Waals surface area contributed by atoms with Crippen LogP contribution in [0.1, 0.15) is 425 Å². The van der Waals surface area contributed by atoms with Crippen molar-refractivity contribution in [3.63, 3.8) is 0 Å². The Balaban J connectivity index is 3.28. The first-order valence-electron chi connectivity index (χ1n) is 36.3. The SMILES string of the molecule is CCCCCCCCCCCCCCCCCCC(=O)OCCCCCCCCCCCCCCCCCCCCCCCCCCCCCCCCCCCC(=O)NC(CO)C(O)CCCCCCCCCCCCCC. The summed E-state index contributed by atoms with van der Waals surface area (Å²) in [5.41, 5.74) is 0. The van der Waals surface area contributed by atoms with Gasteiger partial charge in [-0.15, -0.1) is 0 Å². The van der Waals surface area contributed by atoms with Crippen LogP contribution in [-0.4, -0.2) is 47.4 Å². The van der Waals surface area contributed by atoms with E-state index in [1.165, 1.54) is 353 Å². The van der Waals surface area contributed by atoms with Crippen molar-refractivity contribution in [2.75, 3.05) is 13.2 Å². The van der Waals surface area contributed by atoms with Gasteiger partial charge in [-0.25, -0.2) is 0 Å². The number of aliphatic hydroxyl groups excluding tert-OH is 2. The molecule has 78 heavy (non-hydrogen) atoms. The Bertz CT molecular complexity index is 1130. The van der Waals surface area contributed by atoms with Gasteiger partial charge in [0, 0.05) is 12.8 Å². The highest BCUT2D eigenvalue weighted by Gasteiger charge is 2.20. The Morgan fingerprint density at radius 3 is 0.782 bits per heavy atom. The van der Waals surface area contributed by atoms with Crippen LogP contribution in [0, 0.1) is 0 Å². The largest absolute Gasteiger partial charge is 0.466 e. The van der Waals surface area contributed by atoms with Gasteiger partial charge in [0.1, 0.15) is 0 Å². The molecular formula is C72H143NO5. The van der Waals surface area contributed by atoms with Crippen LogP contribution in [0.15, 0.2) is 0 Å². The van der Waals surface area contributed by atoms with Crippen LogP contribution in [-0.2, 0) is 14.3 Å². The molecule has 0 saturated heterocycles. The van der Waals surface area contributed by atoms with Crippen molar-refractivity contribution in [1.82, 2.24) is 5.32 Å². The summed E-state index contributed by atoms with van der Waals surface area (Å²) < 4.78 is 5.51. The fraction of sp³-hybridized carbons (Fsp3) is 0.972. The summed E-state index contributed by atoms with van der Waals surface area (Å²) in [6, 6.07) is -0.535. The molecule has 6 heteroatoms. The van der Waals surface area contributed by atoms with E-state index in [4.69, 9.17) is 4.74 Å². The highest BCUT2D eigenvalue weighted by molar-refractivity contribution is 5.76. The molecule has 0 rings (SSSR count). The molecule has 0 aromatic rings. The van der Waals surface area contributed by atoms with Crippen LogP contribution < -0.4 is 5.32 Å². The number of carbonyl (C=O) groups is 2. The molecule has 0 heterocycles. The molecule has 2 atom stereocenters. The first-order valence-corrected chi connectivity index (χ1v) is 36.3. The number of hydrogen-bond donors (Lipinski definition) is 3. The zero-order chi connectivity index (χ0) is 56.4. The van der Waals surface area contributed by atoms with E-state index in [0.717, 1.165) is 38.5 Å². The monoisotopic (exact) mass is 1100 g/mol. The third-order valence-corrected chi connectivity index (χ3v) is 17.4. The van der Waals surface area contributed by atoms with Crippen molar-refractivity contribution in [2.24, 2.45) is 0 Å². The van der Waals surface area contributed by atoms with E-state index in [2.05, 4.69) is 19.2 Å². The lowest BCUT2D eigenvalue weighted by molar-refractivity contribution is -0.143. The molecule has 6 nitrogen and oxygen atoms in total. The molecule has 0 aliphatic carbocycles. The molecular weight excluding hydrogens is 959 g/mol. The predicted octanol–water partition coefficient (Wildman–Crippen LogP) is 23.4. The molecule has 0 spiro atoms. The van der Waals surface area contributed by atoms with E-state index in [0.29, 0.717) is 25.9 Å². The van der Waals surface area contributed by atoms with Crippen molar-refractivity contribution < 1.29 is 24.5 Å². The number of carbonyl (C=O) groups excluding carboxylic acids is 2. The zero-order valence-corrected chi connectivity index (χ0v) is 53.4. The third-order valence-electron chi connectivity index (χ3n) is 17.4. The van der Waals surface area contributed by atoms with Crippen molar-refractivity contribution in [3.8, 4) is 0 Å². The molecule has 1 amide bonds. The Morgan fingerprint density at radius 2 is 0.526 bits per heavy atom. The van der Waals surface area contributed by atoms with Crippen molar-refractivity contribution in [3.05, 3.63) is 0 Å². The summed E-state index contributed by atoms with van der Waals surface area (Å²) in [6.45, 7) is 5.00.